The van der Waals surface area contributed by atoms with Crippen molar-refractivity contribution in [2.45, 2.75) is 31.7 Å². The van der Waals surface area contributed by atoms with Crippen LogP contribution in [0.15, 0.2) is 0 Å². The summed E-state index contributed by atoms with van der Waals surface area (Å²) in [4.78, 5) is 7.92. The van der Waals surface area contributed by atoms with Gasteiger partial charge < -0.3 is 10.2 Å². The number of nitrogens with zero attached hydrogens (tertiary/aromatic N) is 2. The van der Waals surface area contributed by atoms with Gasteiger partial charge in [0.2, 0.25) is 0 Å². The molecule has 1 aliphatic rings. The topological polar surface area (TPSA) is 62.3 Å². The number of thiazole rings is 1. The fraction of sp³-hybridized carbons (Fsp3) is 0.769. The van der Waals surface area contributed by atoms with Gasteiger partial charge in [0.25, 0.3) is 0 Å². The maximum Gasteiger partial charge on any atom is 0.186 e. The maximum atomic E-state index is 12.0. The van der Waals surface area contributed by atoms with Crippen LogP contribution < -0.4 is 10.2 Å². The van der Waals surface area contributed by atoms with Crippen LogP contribution in [0.1, 0.15) is 30.3 Å². The molecule has 5 nitrogen and oxygen atoms in total. The van der Waals surface area contributed by atoms with Gasteiger partial charge in [0.1, 0.15) is 5.37 Å². The minimum Gasteiger partial charge on any atom is -0.329 e. The first-order valence-corrected chi connectivity index (χ1v) is 10.9. The predicted octanol–water partition coefficient (Wildman–Crippen LogP) is 1.91. The summed E-state index contributed by atoms with van der Waals surface area (Å²) >= 11 is 3.32. The minimum atomic E-state index is -3.10. The Morgan fingerprint density at radius 1 is 1.48 bits per heavy atom. The van der Waals surface area contributed by atoms with Crippen molar-refractivity contribution < 1.29 is 8.42 Å². The number of sulfone groups is 1. The van der Waals surface area contributed by atoms with Crippen molar-refractivity contribution in [3.05, 3.63) is 10.6 Å². The van der Waals surface area contributed by atoms with E-state index in [0.29, 0.717) is 11.7 Å². The second-order valence-corrected chi connectivity index (χ2v) is 9.96. The fourth-order valence-electron chi connectivity index (χ4n) is 2.37. The molecule has 1 aromatic rings. The molecule has 0 aliphatic carbocycles. The van der Waals surface area contributed by atoms with E-state index >= 15 is 0 Å². The standard InChI is InChI=1S/C13H23N3O2S3/c1-9(2)12-10(7-14-3)20-13(15-12)16-5-6-19-8-11(16)21(4,17)18/h9,11,14H,5-8H2,1-4H3. The predicted molar refractivity (Wildman–Crippen MR) is 92.3 cm³/mol. The molecule has 0 saturated carbocycles. The van der Waals surface area contributed by atoms with E-state index in [0.717, 1.165) is 29.7 Å². The van der Waals surface area contributed by atoms with Gasteiger partial charge >= 0.3 is 0 Å². The molecule has 1 atom stereocenters. The molecule has 1 saturated heterocycles. The zero-order chi connectivity index (χ0) is 15.6. The lowest BCUT2D eigenvalue weighted by molar-refractivity contribution is 0.584. The Morgan fingerprint density at radius 3 is 2.76 bits per heavy atom. The Kier molecular flexibility index (Phi) is 5.56. The van der Waals surface area contributed by atoms with Crippen LogP contribution in [0.4, 0.5) is 5.13 Å². The lowest BCUT2D eigenvalue weighted by Crippen LogP contribution is -2.47. The van der Waals surface area contributed by atoms with Gasteiger partial charge in [-0.05, 0) is 13.0 Å². The number of rotatable bonds is 5. The molecule has 0 aromatic carbocycles. The van der Waals surface area contributed by atoms with E-state index in [4.69, 9.17) is 4.98 Å². The Balaban J connectivity index is 2.37. The lowest BCUT2D eigenvalue weighted by atomic mass is 10.1. The van der Waals surface area contributed by atoms with Gasteiger partial charge in [-0.15, -0.1) is 11.3 Å². The van der Waals surface area contributed by atoms with Crippen LogP contribution >= 0.6 is 23.1 Å². The first-order valence-electron chi connectivity index (χ1n) is 7.02. The number of hydrogen-bond donors (Lipinski definition) is 1. The van der Waals surface area contributed by atoms with E-state index in [1.54, 1.807) is 23.1 Å². The Labute approximate surface area is 135 Å². The molecule has 21 heavy (non-hydrogen) atoms. The Morgan fingerprint density at radius 2 is 2.19 bits per heavy atom. The first kappa shape index (κ1) is 17.1. The van der Waals surface area contributed by atoms with Crippen molar-refractivity contribution in [3.63, 3.8) is 0 Å². The van der Waals surface area contributed by atoms with Gasteiger partial charge in [0.05, 0.1) is 5.69 Å². The first-order chi connectivity index (χ1) is 9.84. The highest BCUT2D eigenvalue weighted by atomic mass is 32.2. The third kappa shape index (κ3) is 3.91. The number of anilines is 1. The highest BCUT2D eigenvalue weighted by molar-refractivity contribution is 8.01. The molecular formula is C13H23N3O2S3. The summed E-state index contributed by atoms with van der Waals surface area (Å²) in [5.41, 5.74) is 1.08. The highest BCUT2D eigenvalue weighted by Gasteiger charge is 2.33. The second kappa shape index (κ2) is 6.85. The van der Waals surface area contributed by atoms with Crippen LogP contribution in [0.25, 0.3) is 0 Å². The lowest BCUT2D eigenvalue weighted by Gasteiger charge is -2.33. The average molecular weight is 350 g/mol. The van der Waals surface area contributed by atoms with Gasteiger partial charge in [-0.1, -0.05) is 13.8 Å². The summed E-state index contributed by atoms with van der Waals surface area (Å²) in [5, 5.41) is 3.56. The third-order valence-corrected chi connectivity index (χ3v) is 7.18. The zero-order valence-corrected chi connectivity index (χ0v) is 15.4. The third-order valence-electron chi connectivity index (χ3n) is 3.42. The maximum absolute atomic E-state index is 12.0. The number of hydrogen-bond acceptors (Lipinski definition) is 7. The molecule has 2 heterocycles. The van der Waals surface area contributed by atoms with Crippen LogP contribution in [0, 0.1) is 0 Å². The van der Waals surface area contributed by atoms with Crippen LogP contribution in [0.3, 0.4) is 0 Å². The van der Waals surface area contributed by atoms with E-state index in [2.05, 4.69) is 19.2 Å². The van der Waals surface area contributed by atoms with Gasteiger partial charge in [0.15, 0.2) is 15.0 Å². The van der Waals surface area contributed by atoms with Gasteiger partial charge in [-0.3, -0.25) is 0 Å². The molecule has 1 unspecified atom stereocenters. The zero-order valence-electron chi connectivity index (χ0n) is 12.9. The SMILES string of the molecule is CNCc1sc(N2CCSCC2S(C)(=O)=O)nc1C(C)C. The van der Waals surface area contributed by atoms with Gasteiger partial charge in [-0.2, -0.15) is 11.8 Å². The summed E-state index contributed by atoms with van der Waals surface area (Å²) in [7, 11) is -1.19. The van der Waals surface area contributed by atoms with Crippen molar-refractivity contribution in [3.8, 4) is 0 Å². The van der Waals surface area contributed by atoms with Crippen molar-refractivity contribution in [2.24, 2.45) is 0 Å². The number of aromatic nitrogens is 1. The summed E-state index contributed by atoms with van der Waals surface area (Å²) < 4.78 is 24.1. The average Bonchev–Trinajstić information content (AvgIpc) is 2.82. The summed E-state index contributed by atoms with van der Waals surface area (Å²) in [6.45, 7) is 5.76. The molecule has 0 bridgehead atoms. The van der Waals surface area contributed by atoms with Crippen molar-refractivity contribution in [1.82, 2.24) is 10.3 Å². The second-order valence-electron chi connectivity index (χ2n) is 5.54. The van der Waals surface area contributed by atoms with E-state index in [9.17, 15) is 8.42 Å². The number of nitrogens with one attached hydrogen (secondary N) is 1. The van der Waals surface area contributed by atoms with Crippen molar-refractivity contribution >= 4 is 38.1 Å². The fourth-order valence-corrected chi connectivity index (χ4v) is 6.55. The summed E-state index contributed by atoms with van der Waals surface area (Å²) in [6, 6.07) is 0. The monoisotopic (exact) mass is 349 g/mol. The highest BCUT2D eigenvalue weighted by Crippen LogP contribution is 2.34. The molecule has 8 heteroatoms. The molecule has 0 radical (unpaired) electrons. The van der Waals surface area contributed by atoms with E-state index < -0.39 is 15.2 Å². The summed E-state index contributed by atoms with van der Waals surface area (Å²) in [5.74, 6) is 1.91. The summed E-state index contributed by atoms with van der Waals surface area (Å²) in [6.07, 6.45) is 1.32. The van der Waals surface area contributed by atoms with Gasteiger partial charge in [0, 0.05) is 35.7 Å². The molecule has 1 aromatic heterocycles. The molecule has 0 spiro atoms. The quantitative estimate of drug-likeness (QED) is 0.876. The van der Waals surface area contributed by atoms with Crippen LogP contribution in [0.5, 0.6) is 0 Å². The largest absolute Gasteiger partial charge is 0.329 e. The smallest absolute Gasteiger partial charge is 0.186 e. The van der Waals surface area contributed by atoms with Gasteiger partial charge in [-0.25, -0.2) is 13.4 Å². The molecule has 0 amide bonds. The normalized spacial score (nSPS) is 20.2. The van der Waals surface area contributed by atoms with E-state index in [1.165, 1.54) is 11.1 Å². The van der Waals surface area contributed by atoms with Crippen molar-refractivity contribution in [1.29, 1.82) is 0 Å². The molecular weight excluding hydrogens is 326 g/mol. The Bertz CT molecular complexity index is 583. The molecule has 1 aliphatic heterocycles. The molecule has 1 N–H and O–H groups in total. The van der Waals surface area contributed by atoms with E-state index in [1.807, 2.05) is 11.9 Å². The Hall–Kier alpha value is -0.310. The van der Waals surface area contributed by atoms with Crippen molar-refractivity contribution in [2.75, 3.05) is 36.3 Å². The minimum absolute atomic E-state index is 0.342. The van der Waals surface area contributed by atoms with Crippen LogP contribution in [0.2, 0.25) is 0 Å². The molecule has 120 valence electrons. The van der Waals surface area contributed by atoms with Crippen LogP contribution in [-0.2, 0) is 16.4 Å². The van der Waals surface area contributed by atoms with E-state index in [-0.39, 0.29) is 0 Å². The number of thioether (sulfide) groups is 1. The molecule has 2 rings (SSSR count). The molecule has 1 fully saturated rings. The van der Waals surface area contributed by atoms with Crippen LogP contribution in [-0.4, -0.2) is 50.1 Å².